The summed E-state index contributed by atoms with van der Waals surface area (Å²) in [6, 6.07) is 9.08. The van der Waals surface area contributed by atoms with Gasteiger partial charge in [-0.05, 0) is 11.6 Å². The Hall–Kier alpha value is -1.70. The standard InChI is InChI=1S/C13H19N3O3S/c1-15(2)14-13(17)11-16(3)20(18,19)10-9-12-7-5-4-6-8-12/h4-10H,11H2,1-3H3,(H,14,17)/b10-9+. The van der Waals surface area contributed by atoms with Crippen LogP contribution in [0.15, 0.2) is 35.7 Å². The number of amides is 1. The van der Waals surface area contributed by atoms with E-state index in [1.165, 1.54) is 18.1 Å². The first-order chi connectivity index (χ1) is 9.31. The third kappa shape index (κ3) is 5.52. The van der Waals surface area contributed by atoms with Gasteiger partial charge in [0.05, 0.1) is 6.54 Å². The van der Waals surface area contributed by atoms with Crippen LogP contribution in [0.1, 0.15) is 5.56 Å². The second-order valence-corrected chi connectivity index (χ2v) is 6.37. The molecule has 1 N–H and O–H groups in total. The van der Waals surface area contributed by atoms with Gasteiger partial charge in [0.1, 0.15) is 0 Å². The Morgan fingerprint density at radius 1 is 1.20 bits per heavy atom. The fourth-order valence-electron chi connectivity index (χ4n) is 1.41. The number of carbonyl (C=O) groups excluding carboxylic acids is 1. The van der Waals surface area contributed by atoms with Gasteiger partial charge in [0.2, 0.25) is 15.9 Å². The van der Waals surface area contributed by atoms with Crippen LogP contribution < -0.4 is 5.43 Å². The molecule has 1 amide bonds. The van der Waals surface area contributed by atoms with Crippen LogP contribution in [0.25, 0.3) is 6.08 Å². The summed E-state index contributed by atoms with van der Waals surface area (Å²) in [6.45, 7) is -0.236. The number of carbonyl (C=O) groups is 1. The highest BCUT2D eigenvalue weighted by Crippen LogP contribution is 2.06. The zero-order valence-corrected chi connectivity index (χ0v) is 12.6. The monoisotopic (exact) mass is 297 g/mol. The van der Waals surface area contributed by atoms with Crippen LogP contribution in [0.2, 0.25) is 0 Å². The Kier molecular flexibility index (Phi) is 5.87. The normalized spacial score (nSPS) is 12.2. The molecule has 0 aliphatic heterocycles. The molecule has 0 fully saturated rings. The molecule has 0 aliphatic rings. The molecule has 0 unspecified atom stereocenters. The number of rotatable bonds is 6. The SMILES string of the molecule is CN(C)NC(=O)CN(C)S(=O)(=O)/C=C/c1ccccc1. The number of likely N-dealkylation sites (N-methyl/N-ethyl adjacent to an activating group) is 1. The molecule has 7 heteroatoms. The van der Waals surface area contributed by atoms with Gasteiger partial charge in [-0.2, -0.15) is 4.31 Å². The molecule has 1 rings (SSSR count). The minimum absolute atomic E-state index is 0.236. The summed E-state index contributed by atoms with van der Waals surface area (Å²) in [4.78, 5) is 11.5. The lowest BCUT2D eigenvalue weighted by Crippen LogP contribution is -2.43. The first-order valence-corrected chi connectivity index (χ1v) is 7.48. The van der Waals surface area contributed by atoms with Gasteiger partial charge in [-0.25, -0.2) is 13.4 Å². The number of hydrazine groups is 1. The predicted molar refractivity (Wildman–Crippen MR) is 78.9 cm³/mol. The Morgan fingerprint density at radius 2 is 1.80 bits per heavy atom. The smallest absolute Gasteiger partial charge is 0.249 e. The number of nitrogens with one attached hydrogen (secondary N) is 1. The van der Waals surface area contributed by atoms with Crippen molar-refractivity contribution in [1.82, 2.24) is 14.7 Å². The summed E-state index contributed by atoms with van der Waals surface area (Å²) < 4.78 is 24.9. The fourth-order valence-corrected chi connectivity index (χ4v) is 2.24. The molecule has 0 saturated carbocycles. The van der Waals surface area contributed by atoms with E-state index in [0.29, 0.717) is 0 Å². The average Bonchev–Trinajstić information content (AvgIpc) is 2.36. The van der Waals surface area contributed by atoms with Gasteiger partial charge < -0.3 is 0 Å². The molecule has 1 aromatic carbocycles. The van der Waals surface area contributed by atoms with Gasteiger partial charge in [0.25, 0.3) is 0 Å². The minimum Gasteiger partial charge on any atom is -0.288 e. The molecular formula is C13H19N3O3S. The van der Waals surface area contributed by atoms with Gasteiger partial charge >= 0.3 is 0 Å². The molecule has 0 atom stereocenters. The van der Waals surface area contributed by atoms with Crippen molar-refractivity contribution in [2.75, 3.05) is 27.7 Å². The minimum atomic E-state index is -3.62. The van der Waals surface area contributed by atoms with E-state index < -0.39 is 15.9 Å². The van der Waals surface area contributed by atoms with E-state index >= 15 is 0 Å². The third-order valence-corrected chi connectivity index (χ3v) is 3.86. The first-order valence-electron chi connectivity index (χ1n) is 5.97. The van der Waals surface area contributed by atoms with Crippen molar-refractivity contribution in [3.05, 3.63) is 41.3 Å². The second kappa shape index (κ2) is 7.18. The highest BCUT2D eigenvalue weighted by Gasteiger charge is 2.17. The number of hydrogen-bond acceptors (Lipinski definition) is 4. The van der Waals surface area contributed by atoms with Crippen LogP contribution in [0.3, 0.4) is 0 Å². The zero-order chi connectivity index (χ0) is 15.2. The lowest BCUT2D eigenvalue weighted by atomic mass is 10.2. The molecule has 0 radical (unpaired) electrons. The van der Waals surface area contributed by atoms with E-state index in [1.54, 1.807) is 26.2 Å². The van der Waals surface area contributed by atoms with Crippen LogP contribution in [-0.4, -0.2) is 51.3 Å². The predicted octanol–water partition coefficient (Wildman–Crippen LogP) is 0.512. The molecule has 0 aliphatic carbocycles. The second-order valence-electron chi connectivity index (χ2n) is 4.44. The molecule has 0 bridgehead atoms. The first kappa shape index (κ1) is 16.4. The number of hydrogen-bond donors (Lipinski definition) is 1. The quantitative estimate of drug-likeness (QED) is 0.777. The summed E-state index contributed by atoms with van der Waals surface area (Å²) in [5.41, 5.74) is 3.26. The van der Waals surface area contributed by atoms with Crippen LogP contribution >= 0.6 is 0 Å². The summed E-state index contributed by atoms with van der Waals surface area (Å²) in [5.74, 6) is -0.394. The largest absolute Gasteiger partial charge is 0.288 e. The molecule has 110 valence electrons. The van der Waals surface area contributed by atoms with Crippen molar-refractivity contribution in [2.45, 2.75) is 0 Å². The zero-order valence-electron chi connectivity index (χ0n) is 11.8. The van der Waals surface area contributed by atoms with E-state index in [-0.39, 0.29) is 6.54 Å². The third-order valence-electron chi connectivity index (χ3n) is 2.38. The molecule has 0 aromatic heterocycles. The van der Waals surface area contributed by atoms with Crippen LogP contribution in [0, 0.1) is 0 Å². The molecule has 20 heavy (non-hydrogen) atoms. The van der Waals surface area contributed by atoms with E-state index in [9.17, 15) is 13.2 Å². The molecular weight excluding hydrogens is 278 g/mol. The van der Waals surface area contributed by atoms with E-state index in [4.69, 9.17) is 0 Å². The Bertz CT molecular complexity index is 568. The summed E-state index contributed by atoms with van der Waals surface area (Å²) in [5, 5.41) is 2.55. The summed E-state index contributed by atoms with van der Waals surface area (Å²) in [7, 11) is 1.05. The molecule has 0 heterocycles. The van der Waals surface area contributed by atoms with E-state index in [1.807, 2.05) is 18.2 Å². The van der Waals surface area contributed by atoms with Crippen LogP contribution in [0.4, 0.5) is 0 Å². The summed E-state index contributed by atoms with van der Waals surface area (Å²) in [6.07, 6.45) is 1.50. The van der Waals surface area contributed by atoms with E-state index in [0.717, 1.165) is 15.3 Å². The van der Waals surface area contributed by atoms with Crippen molar-refractivity contribution in [3.8, 4) is 0 Å². The molecule has 1 aromatic rings. The van der Waals surface area contributed by atoms with Gasteiger partial charge in [-0.15, -0.1) is 0 Å². The molecule has 6 nitrogen and oxygen atoms in total. The lowest BCUT2D eigenvalue weighted by Gasteiger charge is -2.16. The lowest BCUT2D eigenvalue weighted by molar-refractivity contribution is -0.124. The van der Waals surface area contributed by atoms with Gasteiger partial charge in [0.15, 0.2) is 0 Å². The Morgan fingerprint density at radius 3 is 2.35 bits per heavy atom. The fraction of sp³-hybridized carbons (Fsp3) is 0.308. The Balaban J connectivity index is 2.69. The number of benzene rings is 1. The highest BCUT2D eigenvalue weighted by atomic mass is 32.2. The topological polar surface area (TPSA) is 69.7 Å². The van der Waals surface area contributed by atoms with Crippen molar-refractivity contribution in [3.63, 3.8) is 0 Å². The molecule has 0 saturated heterocycles. The Labute approximate surface area is 119 Å². The number of sulfonamides is 1. The van der Waals surface area contributed by atoms with E-state index in [2.05, 4.69) is 5.43 Å². The maximum absolute atomic E-state index is 12.0. The van der Waals surface area contributed by atoms with Crippen molar-refractivity contribution >= 4 is 22.0 Å². The van der Waals surface area contributed by atoms with Gasteiger partial charge in [-0.1, -0.05) is 30.3 Å². The summed E-state index contributed by atoms with van der Waals surface area (Å²) >= 11 is 0. The van der Waals surface area contributed by atoms with Crippen molar-refractivity contribution < 1.29 is 13.2 Å². The average molecular weight is 297 g/mol. The van der Waals surface area contributed by atoms with Crippen molar-refractivity contribution in [2.24, 2.45) is 0 Å². The van der Waals surface area contributed by atoms with Gasteiger partial charge in [-0.3, -0.25) is 10.2 Å². The maximum Gasteiger partial charge on any atom is 0.249 e. The molecule has 0 spiro atoms. The van der Waals surface area contributed by atoms with Crippen LogP contribution in [0.5, 0.6) is 0 Å². The highest BCUT2D eigenvalue weighted by molar-refractivity contribution is 7.92. The maximum atomic E-state index is 12.0. The van der Waals surface area contributed by atoms with Crippen molar-refractivity contribution in [1.29, 1.82) is 0 Å². The van der Waals surface area contributed by atoms with Gasteiger partial charge in [0, 0.05) is 26.6 Å². The van der Waals surface area contributed by atoms with Crippen LogP contribution in [-0.2, 0) is 14.8 Å². The number of nitrogens with zero attached hydrogens (tertiary/aromatic N) is 2.